The van der Waals surface area contributed by atoms with Crippen LogP contribution in [0, 0.1) is 0 Å². The summed E-state index contributed by atoms with van der Waals surface area (Å²) in [4.78, 5) is 54.5. The quantitative estimate of drug-likeness (QED) is 0.361. The molecule has 42 heavy (non-hydrogen) atoms. The molecule has 1 aliphatic heterocycles. The molecule has 0 bridgehead atoms. The molecule has 0 spiro atoms. The van der Waals surface area contributed by atoms with E-state index in [0.717, 1.165) is 5.56 Å². The molecule has 12 heteroatoms. The molecule has 2 aliphatic rings. The lowest BCUT2D eigenvalue weighted by Gasteiger charge is -2.29. The number of benzene rings is 2. The number of likely N-dealkylation sites (tertiary alicyclic amines) is 1. The minimum Gasteiger partial charge on any atom is -0.347 e. The number of amides is 3. The fraction of sp³-hybridized carbons (Fsp3) is 0.467. The number of rotatable bonds is 11. The van der Waals surface area contributed by atoms with Crippen LogP contribution in [0.1, 0.15) is 58.4 Å². The largest absolute Gasteiger partial charge is 0.347 e. The predicted molar refractivity (Wildman–Crippen MR) is 160 cm³/mol. The van der Waals surface area contributed by atoms with Gasteiger partial charge in [-0.25, -0.2) is 8.42 Å². The Morgan fingerprint density at radius 2 is 1.64 bits per heavy atom. The Morgan fingerprint density at radius 1 is 1.00 bits per heavy atom. The average Bonchev–Trinajstić information content (AvgIpc) is 3.62. The summed E-state index contributed by atoms with van der Waals surface area (Å²) >= 11 is 12.3. The molecule has 1 saturated carbocycles. The van der Waals surface area contributed by atoms with Gasteiger partial charge in [0.2, 0.25) is 17.6 Å². The minimum absolute atomic E-state index is 0.0490. The van der Waals surface area contributed by atoms with Gasteiger partial charge in [0.25, 0.3) is 5.91 Å². The van der Waals surface area contributed by atoms with E-state index in [1.54, 1.807) is 50.2 Å². The molecule has 1 saturated heterocycles. The van der Waals surface area contributed by atoms with Gasteiger partial charge >= 0.3 is 0 Å². The molecule has 3 unspecified atom stereocenters. The van der Waals surface area contributed by atoms with Gasteiger partial charge in [0.05, 0.1) is 26.6 Å². The third kappa shape index (κ3) is 6.50. The van der Waals surface area contributed by atoms with Crippen molar-refractivity contribution in [1.82, 2.24) is 15.5 Å². The van der Waals surface area contributed by atoms with Gasteiger partial charge < -0.3 is 15.5 Å². The number of carbonyl (C=O) groups excluding carboxylic acids is 4. The van der Waals surface area contributed by atoms with Crippen molar-refractivity contribution in [3.8, 4) is 0 Å². The van der Waals surface area contributed by atoms with Gasteiger partial charge in [-0.05, 0) is 69.4 Å². The molecule has 0 radical (unpaired) electrons. The third-order valence-corrected chi connectivity index (χ3v) is 10.7. The van der Waals surface area contributed by atoms with Crippen LogP contribution in [0.25, 0.3) is 0 Å². The van der Waals surface area contributed by atoms with Gasteiger partial charge in [-0.3, -0.25) is 19.2 Å². The first-order valence-electron chi connectivity index (χ1n) is 14.0. The zero-order valence-corrected chi connectivity index (χ0v) is 26.1. The molecule has 0 aromatic heterocycles. The molecular weight excluding hydrogens is 601 g/mol. The molecule has 2 aromatic carbocycles. The summed E-state index contributed by atoms with van der Waals surface area (Å²) in [5.41, 5.74) is -0.167. The van der Waals surface area contributed by atoms with E-state index in [9.17, 15) is 27.6 Å². The van der Waals surface area contributed by atoms with Gasteiger partial charge in [-0.2, -0.15) is 0 Å². The second-order valence-corrected chi connectivity index (χ2v) is 14.3. The van der Waals surface area contributed by atoms with E-state index in [1.807, 2.05) is 6.92 Å². The van der Waals surface area contributed by atoms with Gasteiger partial charge in [-0.15, -0.1) is 0 Å². The lowest BCUT2D eigenvalue weighted by Crippen LogP contribution is -2.54. The molecule has 1 heterocycles. The van der Waals surface area contributed by atoms with Crippen molar-refractivity contribution in [3.05, 3.63) is 64.1 Å². The number of sulfone groups is 1. The summed E-state index contributed by atoms with van der Waals surface area (Å²) < 4.78 is 27.4. The number of hydrogen-bond acceptors (Lipinski definition) is 6. The van der Waals surface area contributed by atoms with Crippen molar-refractivity contribution < 1.29 is 27.6 Å². The van der Waals surface area contributed by atoms with Crippen LogP contribution in [0.4, 0.5) is 0 Å². The monoisotopic (exact) mass is 635 g/mol. The van der Waals surface area contributed by atoms with Crippen LogP contribution in [0.3, 0.4) is 0 Å². The Labute approximate surface area is 256 Å². The summed E-state index contributed by atoms with van der Waals surface area (Å²) in [6, 6.07) is 10.4. The molecule has 4 rings (SSSR count). The maximum absolute atomic E-state index is 14.1. The van der Waals surface area contributed by atoms with E-state index in [4.69, 9.17) is 23.2 Å². The Hall–Kier alpha value is -2.95. The number of nitrogens with one attached hydrogen (secondary N) is 2. The van der Waals surface area contributed by atoms with Crippen LogP contribution in [0.15, 0.2) is 53.4 Å². The molecule has 2 fully saturated rings. The van der Waals surface area contributed by atoms with Crippen molar-refractivity contribution in [2.24, 2.45) is 0 Å². The van der Waals surface area contributed by atoms with Crippen molar-refractivity contribution in [2.45, 2.75) is 86.6 Å². The summed E-state index contributed by atoms with van der Waals surface area (Å²) in [5, 5.41) is 4.66. The smallest absolute Gasteiger partial charge is 0.289 e. The normalized spacial score (nSPS) is 20.2. The molecule has 9 nitrogen and oxygen atoms in total. The first-order valence-corrected chi connectivity index (χ1v) is 16.3. The van der Waals surface area contributed by atoms with E-state index in [-0.39, 0.29) is 41.3 Å². The van der Waals surface area contributed by atoms with Crippen LogP contribution < -0.4 is 10.6 Å². The predicted octanol–water partition coefficient (Wildman–Crippen LogP) is 3.85. The number of hydrogen-bond donors (Lipinski definition) is 2. The molecule has 226 valence electrons. The summed E-state index contributed by atoms with van der Waals surface area (Å²) in [5.74, 6) is -2.66. The standard InChI is InChI=1S/C30H35Cl2N3O6S/c1-4-7-23(26(36)28(38)33-18(2)3)34-27(37)24-16-21(42(40,41)25-9-6-5-8-22(25)32)17-35(24)29(39)30(14-15-30)19-10-12-20(31)13-11-19/h5-6,8-13,18,21,23-24H,4,7,14-17H2,1-3H3,(H,33,38)(H,34,37). The highest BCUT2D eigenvalue weighted by atomic mass is 35.5. The minimum atomic E-state index is -4.03. The first kappa shape index (κ1) is 32.0. The highest BCUT2D eigenvalue weighted by Gasteiger charge is 2.57. The molecule has 2 N–H and O–H groups in total. The number of nitrogens with zero attached hydrogens (tertiary/aromatic N) is 1. The molecule has 1 aliphatic carbocycles. The Morgan fingerprint density at radius 3 is 2.21 bits per heavy atom. The summed E-state index contributed by atoms with van der Waals surface area (Å²) in [6.07, 6.45) is 1.58. The van der Waals surface area contributed by atoms with Crippen LogP contribution in [-0.2, 0) is 34.4 Å². The van der Waals surface area contributed by atoms with Gasteiger partial charge in [0.1, 0.15) is 6.04 Å². The average molecular weight is 637 g/mol. The second-order valence-electron chi connectivity index (χ2n) is 11.2. The van der Waals surface area contributed by atoms with E-state index >= 15 is 0 Å². The highest BCUT2D eigenvalue weighted by Crippen LogP contribution is 2.51. The second kappa shape index (κ2) is 12.7. The fourth-order valence-corrected chi connectivity index (χ4v) is 7.81. The number of ketones is 1. The topological polar surface area (TPSA) is 130 Å². The number of carbonyl (C=O) groups is 4. The van der Waals surface area contributed by atoms with Gasteiger partial charge in [0.15, 0.2) is 9.84 Å². The zero-order valence-electron chi connectivity index (χ0n) is 23.7. The fourth-order valence-electron chi connectivity index (χ4n) is 5.46. The van der Waals surface area contributed by atoms with E-state index < -0.39 is 50.2 Å². The van der Waals surface area contributed by atoms with Crippen LogP contribution in [0.2, 0.25) is 10.0 Å². The van der Waals surface area contributed by atoms with Crippen LogP contribution >= 0.6 is 23.2 Å². The third-order valence-electron chi connectivity index (χ3n) is 7.82. The molecule has 3 amide bonds. The lowest BCUT2D eigenvalue weighted by molar-refractivity contribution is -0.143. The van der Waals surface area contributed by atoms with Crippen molar-refractivity contribution in [1.29, 1.82) is 0 Å². The van der Waals surface area contributed by atoms with Crippen molar-refractivity contribution in [2.75, 3.05) is 6.54 Å². The Bertz CT molecular complexity index is 1470. The molecular formula is C30H35Cl2N3O6S. The van der Waals surface area contributed by atoms with E-state index in [2.05, 4.69) is 10.6 Å². The maximum atomic E-state index is 14.1. The number of Topliss-reactive ketones (excluding diaryl/α,β-unsaturated/α-hetero) is 1. The Balaban J connectivity index is 1.66. The zero-order chi connectivity index (χ0) is 30.8. The molecule has 3 atom stereocenters. The van der Waals surface area contributed by atoms with Crippen LogP contribution in [0.5, 0.6) is 0 Å². The maximum Gasteiger partial charge on any atom is 0.289 e. The van der Waals surface area contributed by atoms with E-state index in [0.29, 0.717) is 24.3 Å². The summed E-state index contributed by atoms with van der Waals surface area (Å²) in [6.45, 7) is 5.02. The number of halogens is 2. The first-order chi connectivity index (χ1) is 19.8. The van der Waals surface area contributed by atoms with Crippen molar-refractivity contribution in [3.63, 3.8) is 0 Å². The van der Waals surface area contributed by atoms with E-state index in [1.165, 1.54) is 17.0 Å². The highest BCUT2D eigenvalue weighted by molar-refractivity contribution is 7.92. The Kier molecular flexibility index (Phi) is 9.69. The SMILES string of the molecule is CCCC(NC(=O)C1CC(S(=O)(=O)c2ccccc2Cl)CN1C(=O)C1(c2ccc(Cl)cc2)CC1)C(=O)C(=O)NC(C)C. The lowest BCUT2D eigenvalue weighted by atomic mass is 9.94. The summed E-state index contributed by atoms with van der Waals surface area (Å²) in [7, 11) is -4.03. The van der Waals surface area contributed by atoms with Crippen LogP contribution in [-0.4, -0.2) is 66.7 Å². The van der Waals surface area contributed by atoms with Gasteiger partial charge in [0, 0.05) is 17.6 Å². The molecule has 2 aromatic rings. The van der Waals surface area contributed by atoms with Gasteiger partial charge in [-0.1, -0.05) is 60.8 Å². The van der Waals surface area contributed by atoms with Crippen molar-refractivity contribution >= 4 is 56.5 Å².